The number of urea groups is 1. The molecule has 0 spiro atoms. The lowest BCUT2D eigenvalue weighted by Crippen LogP contribution is -2.26. The van der Waals surface area contributed by atoms with Gasteiger partial charge in [-0.05, 0) is 24.2 Å². The van der Waals surface area contributed by atoms with Gasteiger partial charge in [-0.1, -0.05) is 13.8 Å². The third-order valence-corrected chi connectivity index (χ3v) is 5.43. The van der Waals surface area contributed by atoms with Crippen LogP contribution in [0.4, 0.5) is 4.79 Å². The first-order valence-corrected chi connectivity index (χ1v) is 7.58. The molecule has 0 aromatic heterocycles. The largest absolute Gasteiger partial charge is 0.354 e. The minimum Gasteiger partial charge on any atom is -0.351 e. The zero-order valence-electron chi connectivity index (χ0n) is 8.65. The monoisotopic (exact) mass is 240 g/mol. The molecule has 0 aliphatic heterocycles. The fourth-order valence-electron chi connectivity index (χ4n) is 0.654. The molecule has 0 fully saturated rings. The van der Waals surface area contributed by atoms with Crippen LogP contribution in [-0.4, -0.2) is 18.4 Å². The normalized spacial score (nSPS) is 15.1. The van der Waals surface area contributed by atoms with Crippen LogP contribution in [0.15, 0.2) is 0 Å². The summed E-state index contributed by atoms with van der Waals surface area (Å²) in [5.41, 5.74) is 4.90. The number of carbonyl (C=O) groups is 1. The fourth-order valence-corrected chi connectivity index (χ4v) is 4.45. The van der Waals surface area contributed by atoms with E-state index in [4.69, 9.17) is 10.3 Å². The summed E-state index contributed by atoms with van der Waals surface area (Å²) in [7, 11) is 0. The molecular weight excluding hydrogens is 223 g/mol. The van der Waals surface area contributed by atoms with E-state index in [1.165, 1.54) is 0 Å². The maximum atomic E-state index is 11.9. The van der Waals surface area contributed by atoms with Gasteiger partial charge < -0.3 is 10.3 Å². The molecule has 0 saturated heterocycles. The van der Waals surface area contributed by atoms with Crippen LogP contribution in [0.25, 0.3) is 0 Å². The molecule has 7 heteroatoms. The predicted octanol–water partition coefficient (Wildman–Crippen LogP) is 2.19. The molecular formula is C7H17N2O3PS. The molecule has 0 aliphatic rings. The molecule has 2 amide bonds. The topological polar surface area (TPSA) is 81.4 Å². The number of rotatable bonds is 6. The smallest absolute Gasteiger partial charge is 0.351 e. The van der Waals surface area contributed by atoms with Crippen LogP contribution in [0.3, 0.4) is 0 Å². The van der Waals surface area contributed by atoms with Gasteiger partial charge in [-0.3, -0.25) is 9.65 Å². The van der Waals surface area contributed by atoms with Crippen LogP contribution in [0.1, 0.15) is 20.8 Å². The highest BCUT2D eigenvalue weighted by molar-refractivity contribution is 8.56. The minimum atomic E-state index is -3.14. The fraction of sp³-hybridized carbons (Fsp3) is 0.857. The Balaban J connectivity index is 4.24. The highest BCUT2D eigenvalue weighted by Crippen LogP contribution is 2.56. The van der Waals surface area contributed by atoms with Gasteiger partial charge in [0.2, 0.25) is 0 Å². The van der Waals surface area contributed by atoms with Crippen molar-refractivity contribution in [2.45, 2.75) is 20.8 Å². The van der Waals surface area contributed by atoms with Gasteiger partial charge in [0.25, 0.3) is 0 Å². The van der Waals surface area contributed by atoms with Crippen molar-refractivity contribution in [2.75, 3.05) is 12.4 Å². The second-order valence-electron chi connectivity index (χ2n) is 3.08. The zero-order valence-corrected chi connectivity index (χ0v) is 10.4. The van der Waals surface area contributed by atoms with Gasteiger partial charge in [-0.25, -0.2) is 4.79 Å². The van der Waals surface area contributed by atoms with Crippen LogP contribution in [0.5, 0.6) is 0 Å². The number of amides is 2. The lowest BCUT2D eigenvalue weighted by atomic mass is 10.3. The van der Waals surface area contributed by atoms with Crippen molar-refractivity contribution in [2.24, 2.45) is 11.7 Å². The molecule has 0 radical (unpaired) electrons. The summed E-state index contributed by atoms with van der Waals surface area (Å²) in [4.78, 5) is 10.6. The second-order valence-corrected chi connectivity index (χ2v) is 7.37. The molecule has 0 aromatic rings. The molecule has 14 heavy (non-hydrogen) atoms. The number of carbonyl (C=O) groups excluding carboxylic acids is 1. The number of nitrogens with one attached hydrogen (secondary N) is 1. The Morgan fingerprint density at radius 3 is 2.57 bits per heavy atom. The second kappa shape index (κ2) is 6.32. The van der Waals surface area contributed by atoms with Gasteiger partial charge in [0.15, 0.2) is 0 Å². The average Bonchev–Trinajstić information content (AvgIpc) is 2.00. The molecule has 1 unspecified atom stereocenters. The van der Waals surface area contributed by atoms with E-state index in [0.717, 1.165) is 11.4 Å². The molecule has 0 bridgehead atoms. The first kappa shape index (κ1) is 13.8. The van der Waals surface area contributed by atoms with E-state index in [1.807, 2.05) is 13.8 Å². The summed E-state index contributed by atoms with van der Waals surface area (Å²) >= 11 is 1.11. The third kappa shape index (κ3) is 6.29. The van der Waals surface area contributed by atoms with Crippen molar-refractivity contribution >= 4 is 24.1 Å². The first-order valence-electron chi connectivity index (χ1n) is 4.36. The van der Waals surface area contributed by atoms with E-state index >= 15 is 0 Å². The maximum Gasteiger partial charge on any atom is 0.354 e. The van der Waals surface area contributed by atoms with Gasteiger partial charge >= 0.3 is 12.8 Å². The summed E-state index contributed by atoms with van der Waals surface area (Å²) < 4.78 is 16.9. The van der Waals surface area contributed by atoms with E-state index in [1.54, 1.807) is 6.92 Å². The Hall–Kier alpha value is -0.190. The lowest BCUT2D eigenvalue weighted by molar-refractivity contribution is 0.251. The highest BCUT2D eigenvalue weighted by atomic mass is 32.7. The van der Waals surface area contributed by atoms with Gasteiger partial charge in [0.1, 0.15) is 0 Å². The lowest BCUT2D eigenvalue weighted by Gasteiger charge is -2.17. The molecule has 0 heterocycles. The SMILES string of the molecule is CCOP(=O)(NC(N)=O)SCC(C)C. The number of nitrogens with two attached hydrogens (primary N) is 1. The van der Waals surface area contributed by atoms with Crippen molar-refractivity contribution in [3.8, 4) is 0 Å². The molecule has 5 nitrogen and oxygen atoms in total. The maximum absolute atomic E-state index is 11.9. The summed E-state index contributed by atoms with van der Waals surface area (Å²) in [6, 6.07) is -0.821. The van der Waals surface area contributed by atoms with Crippen molar-refractivity contribution in [1.29, 1.82) is 0 Å². The standard InChI is InChI=1S/C7H17N2O3PS/c1-4-12-13(11,9-7(8)10)14-5-6(2)3/h6H,4-5H2,1-3H3,(H3,8,9,10,11). The Labute approximate surface area is 88.4 Å². The van der Waals surface area contributed by atoms with Crippen molar-refractivity contribution < 1.29 is 13.9 Å². The van der Waals surface area contributed by atoms with E-state index in [9.17, 15) is 9.36 Å². The van der Waals surface area contributed by atoms with Crippen LogP contribution < -0.4 is 10.8 Å². The van der Waals surface area contributed by atoms with Crippen molar-refractivity contribution in [3.05, 3.63) is 0 Å². The Bertz CT molecular complexity index is 235. The van der Waals surface area contributed by atoms with Gasteiger partial charge in [0, 0.05) is 5.75 Å². The number of primary amides is 1. The van der Waals surface area contributed by atoms with E-state index in [2.05, 4.69) is 5.09 Å². The summed E-state index contributed by atoms with van der Waals surface area (Å²) in [5, 5.41) is 2.15. The molecule has 0 aliphatic carbocycles. The quantitative estimate of drug-likeness (QED) is 0.697. The van der Waals surface area contributed by atoms with E-state index in [0.29, 0.717) is 11.7 Å². The number of hydrogen-bond acceptors (Lipinski definition) is 4. The van der Waals surface area contributed by atoms with Gasteiger partial charge in [-0.15, -0.1) is 0 Å². The molecule has 84 valence electrons. The van der Waals surface area contributed by atoms with Crippen LogP contribution in [0, 0.1) is 5.92 Å². The number of hydrogen-bond donors (Lipinski definition) is 2. The van der Waals surface area contributed by atoms with E-state index < -0.39 is 12.8 Å². The summed E-state index contributed by atoms with van der Waals surface area (Å²) in [6.07, 6.45) is 0. The predicted molar refractivity (Wildman–Crippen MR) is 59.2 cm³/mol. The Morgan fingerprint density at radius 1 is 1.64 bits per heavy atom. The van der Waals surface area contributed by atoms with Gasteiger partial charge in [-0.2, -0.15) is 0 Å². The van der Waals surface area contributed by atoms with Crippen LogP contribution in [0.2, 0.25) is 0 Å². The Morgan fingerprint density at radius 2 is 2.21 bits per heavy atom. The van der Waals surface area contributed by atoms with Crippen molar-refractivity contribution in [1.82, 2.24) is 5.09 Å². The Kier molecular flexibility index (Phi) is 6.24. The van der Waals surface area contributed by atoms with Crippen LogP contribution in [-0.2, 0) is 9.09 Å². The first-order chi connectivity index (χ1) is 6.39. The summed E-state index contributed by atoms with van der Waals surface area (Å²) in [5.74, 6) is 1.03. The minimum absolute atomic E-state index is 0.280. The molecule has 0 rings (SSSR count). The molecule has 1 atom stereocenters. The summed E-state index contributed by atoms with van der Waals surface area (Å²) in [6.45, 7) is 2.84. The molecule has 3 N–H and O–H groups in total. The highest BCUT2D eigenvalue weighted by Gasteiger charge is 2.25. The zero-order chi connectivity index (χ0) is 11.2. The molecule has 0 saturated carbocycles. The van der Waals surface area contributed by atoms with Crippen molar-refractivity contribution in [3.63, 3.8) is 0 Å². The molecule has 0 aromatic carbocycles. The van der Waals surface area contributed by atoms with Gasteiger partial charge in [0.05, 0.1) is 6.61 Å². The van der Waals surface area contributed by atoms with Crippen LogP contribution >= 0.6 is 18.1 Å². The average molecular weight is 240 g/mol. The third-order valence-electron chi connectivity index (χ3n) is 1.12. The van der Waals surface area contributed by atoms with E-state index in [-0.39, 0.29) is 6.61 Å².